The van der Waals surface area contributed by atoms with Crippen LogP contribution in [0.5, 0.6) is 0 Å². The first-order valence-corrected chi connectivity index (χ1v) is 7.25. The molecule has 0 aliphatic heterocycles. The maximum atomic E-state index is 10.4. The van der Waals surface area contributed by atoms with Gasteiger partial charge in [-0.15, -0.1) is 0 Å². The molecule has 1 aliphatic rings. The van der Waals surface area contributed by atoms with Crippen molar-refractivity contribution in [1.82, 2.24) is 9.78 Å². The van der Waals surface area contributed by atoms with E-state index in [1.807, 2.05) is 6.07 Å². The van der Waals surface area contributed by atoms with Crippen molar-refractivity contribution in [2.24, 2.45) is 0 Å². The largest absolute Gasteiger partial charge is 0.481 e. The number of thioether (sulfide) groups is 1. The minimum absolute atomic E-state index is 0.230. The van der Waals surface area contributed by atoms with Crippen molar-refractivity contribution < 1.29 is 9.90 Å². The average Bonchev–Trinajstić information content (AvgIpc) is 2.94. The lowest BCUT2D eigenvalue weighted by Gasteiger charge is -2.08. The van der Waals surface area contributed by atoms with Crippen LogP contribution in [0.15, 0.2) is 12.3 Å². The van der Waals surface area contributed by atoms with E-state index < -0.39 is 5.97 Å². The van der Waals surface area contributed by atoms with Gasteiger partial charge in [0.1, 0.15) is 0 Å². The third-order valence-electron chi connectivity index (χ3n) is 3.07. The molecule has 1 aromatic heterocycles. The normalized spacial score (nSPS) is 16.5. The first-order chi connectivity index (χ1) is 8.25. The number of carboxylic acid groups (broad SMARTS) is 1. The highest BCUT2D eigenvalue weighted by atomic mass is 32.2. The molecule has 1 heterocycles. The molecule has 17 heavy (non-hydrogen) atoms. The molecule has 4 nitrogen and oxygen atoms in total. The summed E-state index contributed by atoms with van der Waals surface area (Å²) in [5, 5.41) is 13.1. The molecule has 94 valence electrons. The molecule has 0 amide bonds. The predicted octanol–water partition coefficient (Wildman–Crippen LogP) is 2.71. The SMILES string of the molecule is O=C(O)CCSCc1ccn(C2CCCC2)n1. The van der Waals surface area contributed by atoms with Gasteiger partial charge in [0.25, 0.3) is 0 Å². The number of aromatic nitrogens is 2. The molecule has 0 unspecified atom stereocenters. The van der Waals surface area contributed by atoms with Crippen LogP contribution in [-0.2, 0) is 10.5 Å². The number of nitrogens with zero attached hydrogens (tertiary/aromatic N) is 2. The molecule has 0 bridgehead atoms. The van der Waals surface area contributed by atoms with Gasteiger partial charge in [0, 0.05) is 17.7 Å². The lowest BCUT2D eigenvalue weighted by Crippen LogP contribution is -2.05. The summed E-state index contributed by atoms with van der Waals surface area (Å²) in [5.41, 5.74) is 1.06. The van der Waals surface area contributed by atoms with Crippen molar-refractivity contribution >= 4 is 17.7 Å². The Morgan fingerprint density at radius 3 is 3.00 bits per heavy atom. The van der Waals surface area contributed by atoms with Crippen molar-refractivity contribution in [2.45, 2.75) is 43.9 Å². The Morgan fingerprint density at radius 2 is 2.29 bits per heavy atom. The summed E-state index contributed by atoms with van der Waals surface area (Å²) in [6.07, 6.45) is 7.40. The zero-order valence-corrected chi connectivity index (χ0v) is 10.7. The number of hydrogen-bond donors (Lipinski definition) is 1. The number of aliphatic carboxylic acids is 1. The second kappa shape index (κ2) is 6.10. The molecule has 2 rings (SSSR count). The van der Waals surface area contributed by atoms with Crippen molar-refractivity contribution in [3.05, 3.63) is 18.0 Å². The topological polar surface area (TPSA) is 55.1 Å². The van der Waals surface area contributed by atoms with E-state index in [-0.39, 0.29) is 6.42 Å². The predicted molar refractivity (Wildman–Crippen MR) is 68.1 cm³/mol. The third kappa shape index (κ3) is 3.77. The fourth-order valence-corrected chi connectivity index (χ4v) is 2.99. The van der Waals surface area contributed by atoms with Gasteiger partial charge in [-0.3, -0.25) is 9.48 Å². The number of hydrogen-bond acceptors (Lipinski definition) is 3. The molecule has 1 aliphatic carbocycles. The molecular formula is C12H18N2O2S. The van der Waals surface area contributed by atoms with Gasteiger partial charge in [0.15, 0.2) is 0 Å². The smallest absolute Gasteiger partial charge is 0.304 e. The van der Waals surface area contributed by atoms with Crippen LogP contribution in [0.25, 0.3) is 0 Å². The van der Waals surface area contributed by atoms with Gasteiger partial charge < -0.3 is 5.11 Å². The van der Waals surface area contributed by atoms with E-state index in [1.165, 1.54) is 25.7 Å². The van der Waals surface area contributed by atoms with Crippen LogP contribution >= 0.6 is 11.8 Å². The lowest BCUT2D eigenvalue weighted by atomic mass is 10.3. The summed E-state index contributed by atoms with van der Waals surface area (Å²) in [6.45, 7) is 0. The molecule has 0 aromatic carbocycles. The maximum absolute atomic E-state index is 10.4. The van der Waals surface area contributed by atoms with Crippen molar-refractivity contribution in [1.29, 1.82) is 0 Å². The van der Waals surface area contributed by atoms with E-state index in [0.717, 1.165) is 11.4 Å². The minimum Gasteiger partial charge on any atom is -0.481 e. The summed E-state index contributed by atoms with van der Waals surface area (Å²) >= 11 is 1.63. The van der Waals surface area contributed by atoms with E-state index in [2.05, 4.69) is 16.0 Å². The highest BCUT2D eigenvalue weighted by Crippen LogP contribution is 2.28. The van der Waals surface area contributed by atoms with Gasteiger partial charge in [-0.1, -0.05) is 12.8 Å². The second-order valence-corrected chi connectivity index (χ2v) is 5.53. The highest BCUT2D eigenvalue weighted by molar-refractivity contribution is 7.98. The maximum Gasteiger partial charge on any atom is 0.304 e. The van der Waals surface area contributed by atoms with Gasteiger partial charge in [-0.2, -0.15) is 16.9 Å². The van der Waals surface area contributed by atoms with Crippen LogP contribution in [0.2, 0.25) is 0 Å². The number of carboxylic acids is 1. The van der Waals surface area contributed by atoms with Crippen LogP contribution in [0.3, 0.4) is 0 Å². The van der Waals surface area contributed by atoms with Crippen LogP contribution < -0.4 is 0 Å². The van der Waals surface area contributed by atoms with E-state index in [4.69, 9.17) is 5.11 Å². The number of rotatable bonds is 6. The highest BCUT2D eigenvalue weighted by Gasteiger charge is 2.17. The summed E-state index contributed by atoms with van der Waals surface area (Å²) in [5.74, 6) is 0.743. The molecule has 1 saturated carbocycles. The molecule has 0 radical (unpaired) electrons. The zero-order chi connectivity index (χ0) is 12.1. The van der Waals surface area contributed by atoms with Gasteiger partial charge >= 0.3 is 5.97 Å². The summed E-state index contributed by atoms with van der Waals surface area (Å²) < 4.78 is 2.08. The Bertz CT molecular complexity index is 372. The van der Waals surface area contributed by atoms with Crippen LogP contribution in [0.4, 0.5) is 0 Å². The average molecular weight is 254 g/mol. The van der Waals surface area contributed by atoms with Gasteiger partial charge in [-0.25, -0.2) is 0 Å². The van der Waals surface area contributed by atoms with E-state index in [9.17, 15) is 4.79 Å². The molecule has 0 atom stereocenters. The van der Waals surface area contributed by atoms with Crippen LogP contribution in [-0.4, -0.2) is 26.6 Å². The molecular weight excluding hydrogens is 236 g/mol. The van der Waals surface area contributed by atoms with E-state index in [0.29, 0.717) is 11.8 Å². The van der Waals surface area contributed by atoms with Gasteiger partial charge in [0.2, 0.25) is 0 Å². The van der Waals surface area contributed by atoms with Crippen molar-refractivity contribution in [3.63, 3.8) is 0 Å². The summed E-state index contributed by atoms with van der Waals surface area (Å²) in [7, 11) is 0. The first kappa shape index (κ1) is 12.5. The first-order valence-electron chi connectivity index (χ1n) is 6.09. The van der Waals surface area contributed by atoms with Gasteiger partial charge in [-0.05, 0) is 18.9 Å². The second-order valence-electron chi connectivity index (χ2n) is 4.42. The Labute approximate surface area is 105 Å². The van der Waals surface area contributed by atoms with Crippen molar-refractivity contribution in [3.8, 4) is 0 Å². The molecule has 1 fully saturated rings. The zero-order valence-electron chi connectivity index (χ0n) is 9.84. The molecule has 5 heteroatoms. The fraction of sp³-hybridized carbons (Fsp3) is 0.667. The Kier molecular flexibility index (Phi) is 4.48. The Hall–Kier alpha value is -0.970. The van der Waals surface area contributed by atoms with Crippen molar-refractivity contribution in [2.75, 3.05) is 5.75 Å². The molecule has 1 aromatic rings. The van der Waals surface area contributed by atoms with E-state index >= 15 is 0 Å². The van der Waals surface area contributed by atoms with Gasteiger partial charge in [0.05, 0.1) is 18.2 Å². The summed E-state index contributed by atoms with van der Waals surface area (Å²) in [6, 6.07) is 2.64. The summed E-state index contributed by atoms with van der Waals surface area (Å²) in [4.78, 5) is 10.4. The molecule has 1 N–H and O–H groups in total. The molecule has 0 spiro atoms. The third-order valence-corrected chi connectivity index (χ3v) is 4.07. The standard InChI is InChI=1S/C12H18N2O2S/c15-12(16)6-8-17-9-10-5-7-14(13-10)11-3-1-2-4-11/h5,7,11H,1-4,6,8-9H2,(H,15,16). The fourth-order valence-electron chi connectivity index (χ4n) is 2.16. The Balaban J connectivity index is 1.75. The lowest BCUT2D eigenvalue weighted by molar-refractivity contribution is -0.136. The van der Waals surface area contributed by atoms with E-state index in [1.54, 1.807) is 11.8 Å². The minimum atomic E-state index is -0.728. The number of carbonyl (C=O) groups is 1. The molecule has 0 saturated heterocycles. The quantitative estimate of drug-likeness (QED) is 0.793. The monoisotopic (exact) mass is 254 g/mol. The van der Waals surface area contributed by atoms with Crippen LogP contribution in [0, 0.1) is 0 Å². The Morgan fingerprint density at radius 1 is 1.53 bits per heavy atom. The van der Waals surface area contributed by atoms with Crippen LogP contribution in [0.1, 0.15) is 43.8 Å².